The second kappa shape index (κ2) is 13.0. The summed E-state index contributed by atoms with van der Waals surface area (Å²) in [5.74, 6) is 0.936. The Bertz CT molecular complexity index is 800. The Morgan fingerprint density at radius 2 is 1.43 bits per heavy atom. The third-order valence-electron chi connectivity index (χ3n) is 6.32. The second-order valence-corrected chi connectivity index (χ2v) is 12.1. The summed E-state index contributed by atoms with van der Waals surface area (Å²) >= 11 is -0.826. The first-order chi connectivity index (χ1) is 14.7. The predicted octanol–water partition coefficient (Wildman–Crippen LogP) is 8.24. The van der Waals surface area contributed by atoms with Gasteiger partial charge >= 0.3 is 37.9 Å². The molecule has 0 aromatic heterocycles. The topological polar surface area (TPSA) is 32.6 Å². The van der Waals surface area contributed by atoms with Gasteiger partial charge in [-0.25, -0.2) is 0 Å². The van der Waals surface area contributed by atoms with Crippen molar-refractivity contribution in [2.24, 2.45) is 4.99 Å². The summed E-state index contributed by atoms with van der Waals surface area (Å²) in [4.78, 5) is 4.85. The van der Waals surface area contributed by atoms with E-state index in [4.69, 9.17) is 22.0 Å². The molecule has 0 amide bonds. The maximum atomic E-state index is 11.1. The normalized spacial score (nSPS) is 18.1. The molecule has 0 heterocycles. The fourth-order valence-corrected chi connectivity index (χ4v) is 4.72. The zero-order valence-electron chi connectivity index (χ0n) is 17.5. The number of aliphatic imine (C=N–C) groups is 1. The molecule has 2 aliphatic rings. The molecule has 0 saturated heterocycles. The van der Waals surface area contributed by atoms with E-state index in [2.05, 4.69) is 42.5 Å². The van der Waals surface area contributed by atoms with E-state index in [1.807, 2.05) is 6.21 Å². The fourth-order valence-electron chi connectivity index (χ4n) is 4.72. The van der Waals surface area contributed by atoms with Crippen molar-refractivity contribution in [3.05, 3.63) is 53.6 Å². The number of hydrogen-bond acceptors (Lipinski definition) is 2. The maximum absolute atomic E-state index is 11.1. The van der Waals surface area contributed by atoms with Crippen LogP contribution < -0.4 is 0 Å². The molecule has 2 fully saturated rings. The van der Waals surface area contributed by atoms with Gasteiger partial charge in [-0.05, 0) is 60.4 Å². The molecule has 2 saturated carbocycles. The summed E-state index contributed by atoms with van der Waals surface area (Å²) in [5, 5.41) is 11.1. The number of aromatic hydroxyl groups is 1. The average molecular weight is 524 g/mol. The minimum absolute atomic E-state index is 0.427. The molecule has 0 atom stereocenters. The van der Waals surface area contributed by atoms with Crippen LogP contribution >= 0.6 is 17.0 Å². The van der Waals surface area contributed by atoms with E-state index >= 15 is 0 Å². The molecular formula is C25H31Cl2NOZr. The number of benzene rings is 2. The Morgan fingerprint density at radius 3 is 2.07 bits per heavy atom. The van der Waals surface area contributed by atoms with Crippen molar-refractivity contribution in [3.63, 3.8) is 0 Å². The Labute approximate surface area is 199 Å². The molecule has 0 unspecified atom stereocenters. The van der Waals surface area contributed by atoms with Crippen LogP contribution in [0.3, 0.4) is 0 Å². The molecule has 2 aliphatic carbocycles. The summed E-state index contributed by atoms with van der Waals surface area (Å²) in [5.41, 5.74) is 4.42. The Balaban J connectivity index is 0.000000806. The van der Waals surface area contributed by atoms with Crippen LogP contribution in [0.15, 0.2) is 47.5 Å². The first kappa shape index (κ1) is 24.0. The Hall–Kier alpha value is -0.627. The van der Waals surface area contributed by atoms with Gasteiger partial charge in [-0.2, -0.15) is 0 Å². The SMILES string of the molecule is Oc1c(C=NC2CCCCC2)cc(-c2ccccc2)cc1C1CCCCC1.[Cl][Zr][Cl]. The standard InChI is InChI=1S/C25H31NO.2ClH.Zr/c27-25-22(18-26-23-14-8-3-9-15-23)16-21(19-10-4-1-5-11-19)17-24(25)20-12-6-2-7-13-20;;;/h1,4-5,10-11,16-18,20,23,27H,2-3,6-9,12-15H2;2*1H;/q;;;+2/p-2. The van der Waals surface area contributed by atoms with Crippen LogP contribution in [0.5, 0.6) is 5.75 Å². The van der Waals surface area contributed by atoms with E-state index in [-0.39, 0.29) is 0 Å². The van der Waals surface area contributed by atoms with Crippen molar-refractivity contribution in [1.82, 2.24) is 0 Å². The predicted molar refractivity (Wildman–Crippen MR) is 126 cm³/mol. The number of halogens is 2. The van der Waals surface area contributed by atoms with E-state index in [1.165, 1.54) is 75.3 Å². The van der Waals surface area contributed by atoms with Gasteiger partial charge in [-0.1, -0.05) is 68.9 Å². The molecule has 160 valence electrons. The molecule has 1 N–H and O–H groups in total. The van der Waals surface area contributed by atoms with Gasteiger partial charge in [-0.15, -0.1) is 0 Å². The molecule has 5 heteroatoms. The number of nitrogens with zero attached hydrogens (tertiary/aromatic N) is 1. The Morgan fingerprint density at radius 1 is 0.833 bits per heavy atom. The third kappa shape index (κ3) is 6.94. The molecule has 4 rings (SSSR count). The van der Waals surface area contributed by atoms with Gasteiger partial charge in [0.25, 0.3) is 0 Å². The van der Waals surface area contributed by atoms with Gasteiger partial charge in [0.05, 0.1) is 0 Å². The second-order valence-electron chi connectivity index (χ2n) is 8.35. The Kier molecular flexibility index (Phi) is 10.4. The van der Waals surface area contributed by atoms with Crippen LogP contribution in [0.1, 0.15) is 81.3 Å². The van der Waals surface area contributed by atoms with Gasteiger partial charge in [0.2, 0.25) is 0 Å². The van der Waals surface area contributed by atoms with Crippen LogP contribution in [0.4, 0.5) is 0 Å². The molecule has 30 heavy (non-hydrogen) atoms. The first-order valence-electron chi connectivity index (χ1n) is 11.1. The van der Waals surface area contributed by atoms with Crippen LogP contribution in [0.25, 0.3) is 11.1 Å². The van der Waals surface area contributed by atoms with E-state index in [0.717, 1.165) is 11.1 Å². The molecule has 0 spiro atoms. The quantitative estimate of drug-likeness (QED) is 0.402. The number of rotatable bonds is 4. The van der Waals surface area contributed by atoms with Crippen LogP contribution in [0, 0.1) is 0 Å². The zero-order valence-corrected chi connectivity index (χ0v) is 21.5. The zero-order chi connectivity index (χ0) is 21.2. The van der Waals surface area contributed by atoms with E-state index < -0.39 is 20.8 Å². The van der Waals surface area contributed by atoms with Crippen molar-refractivity contribution < 1.29 is 26.0 Å². The van der Waals surface area contributed by atoms with Gasteiger partial charge in [-0.3, -0.25) is 4.99 Å². The van der Waals surface area contributed by atoms with Crippen LogP contribution in [-0.2, 0) is 20.8 Å². The fraction of sp³-hybridized carbons (Fsp3) is 0.480. The van der Waals surface area contributed by atoms with Gasteiger partial charge in [0.15, 0.2) is 0 Å². The summed E-state index contributed by atoms with van der Waals surface area (Å²) in [6, 6.07) is 15.3. The van der Waals surface area contributed by atoms with Gasteiger partial charge in [0, 0.05) is 17.8 Å². The van der Waals surface area contributed by atoms with Crippen LogP contribution in [0.2, 0.25) is 0 Å². The molecule has 2 aromatic rings. The molecule has 0 radical (unpaired) electrons. The van der Waals surface area contributed by atoms with Crippen molar-refractivity contribution in [3.8, 4) is 16.9 Å². The molecule has 0 aliphatic heterocycles. The van der Waals surface area contributed by atoms with Crippen molar-refractivity contribution in [1.29, 1.82) is 0 Å². The van der Waals surface area contributed by atoms with E-state index in [9.17, 15) is 5.11 Å². The molecule has 0 bridgehead atoms. The third-order valence-corrected chi connectivity index (χ3v) is 6.32. The van der Waals surface area contributed by atoms with Crippen LogP contribution in [-0.4, -0.2) is 17.4 Å². The molecular weight excluding hydrogens is 492 g/mol. The summed E-state index contributed by atoms with van der Waals surface area (Å²) in [6.07, 6.45) is 14.5. The van der Waals surface area contributed by atoms with E-state index in [0.29, 0.717) is 17.7 Å². The van der Waals surface area contributed by atoms with Crippen molar-refractivity contribution in [2.75, 3.05) is 0 Å². The van der Waals surface area contributed by atoms with Crippen molar-refractivity contribution >= 4 is 23.2 Å². The molecule has 2 nitrogen and oxygen atoms in total. The molecule has 2 aromatic carbocycles. The van der Waals surface area contributed by atoms with E-state index in [1.54, 1.807) is 0 Å². The number of hydrogen-bond donors (Lipinski definition) is 1. The average Bonchev–Trinajstić information content (AvgIpc) is 2.81. The number of phenolic OH excluding ortho intramolecular Hbond substituents is 1. The van der Waals surface area contributed by atoms with Crippen molar-refractivity contribution in [2.45, 2.75) is 76.2 Å². The van der Waals surface area contributed by atoms with Gasteiger partial charge < -0.3 is 5.11 Å². The summed E-state index contributed by atoms with van der Waals surface area (Å²) < 4.78 is 0. The first-order valence-corrected chi connectivity index (χ1v) is 17.5. The number of phenols is 1. The minimum atomic E-state index is -0.826. The summed E-state index contributed by atoms with van der Waals surface area (Å²) in [6.45, 7) is 0. The van der Waals surface area contributed by atoms with Gasteiger partial charge in [0.1, 0.15) is 5.75 Å². The summed E-state index contributed by atoms with van der Waals surface area (Å²) in [7, 11) is 9.87. The monoisotopic (exact) mass is 521 g/mol.